The summed E-state index contributed by atoms with van der Waals surface area (Å²) in [4.78, 5) is 18.3. The fourth-order valence-electron chi connectivity index (χ4n) is 1.47. The van der Waals surface area contributed by atoms with Crippen molar-refractivity contribution in [2.45, 2.75) is 6.36 Å². The fourth-order valence-corrected chi connectivity index (χ4v) is 1.47. The number of ether oxygens (including phenoxy) is 1. The van der Waals surface area contributed by atoms with Gasteiger partial charge in [0.05, 0.1) is 0 Å². The minimum absolute atomic E-state index is 0.0551. The van der Waals surface area contributed by atoms with E-state index in [0.717, 1.165) is 0 Å². The number of rotatable bonds is 4. The van der Waals surface area contributed by atoms with Gasteiger partial charge >= 0.3 is 12.3 Å². The van der Waals surface area contributed by atoms with Crippen LogP contribution in [0.5, 0.6) is 11.5 Å². The molecule has 0 spiro atoms. The van der Waals surface area contributed by atoms with E-state index in [1.54, 1.807) is 36.4 Å². The molecule has 4 nitrogen and oxygen atoms in total. The predicted molar refractivity (Wildman–Crippen MR) is 65.5 cm³/mol. The second-order valence-electron chi connectivity index (χ2n) is 3.81. The zero-order valence-corrected chi connectivity index (χ0v) is 10.5. The lowest BCUT2D eigenvalue weighted by Crippen LogP contribution is -2.17. The summed E-state index contributed by atoms with van der Waals surface area (Å²) in [5.74, 6) is -0.826. The minimum atomic E-state index is -5.06. The monoisotopic (exact) mass is 298 g/mol. The molecule has 0 saturated heterocycles. The van der Waals surface area contributed by atoms with Crippen LogP contribution < -0.4 is 4.74 Å². The molecule has 2 aromatic carbocycles. The van der Waals surface area contributed by atoms with E-state index >= 15 is 0 Å². The summed E-state index contributed by atoms with van der Waals surface area (Å²) >= 11 is 0. The Hall–Kier alpha value is -2.54. The summed E-state index contributed by atoms with van der Waals surface area (Å²) in [6.07, 6.45) is -5.06. The molecule has 2 aromatic rings. The Morgan fingerprint density at radius 3 is 2.19 bits per heavy atom. The van der Waals surface area contributed by atoms with Crippen LogP contribution in [0, 0.1) is 0 Å². The van der Waals surface area contributed by atoms with Gasteiger partial charge in [-0.2, -0.15) is 0 Å². The van der Waals surface area contributed by atoms with Crippen LogP contribution in [0.2, 0.25) is 0 Å². The highest BCUT2D eigenvalue weighted by atomic mass is 19.4. The highest BCUT2D eigenvalue weighted by Gasteiger charge is 2.33. The normalized spacial score (nSPS) is 11.0. The number of carbonyl (C=O) groups is 1. The van der Waals surface area contributed by atoms with E-state index in [1.165, 1.54) is 18.2 Å². The first kappa shape index (κ1) is 14.9. The van der Waals surface area contributed by atoms with E-state index in [9.17, 15) is 18.0 Å². The second kappa shape index (κ2) is 6.27. The maximum atomic E-state index is 11.8. The molecular formula is C14H9F3O4. The lowest BCUT2D eigenvalue weighted by Gasteiger charge is -2.10. The summed E-state index contributed by atoms with van der Waals surface area (Å²) in [7, 11) is 0. The fraction of sp³-hybridized carbons (Fsp3) is 0.0714. The predicted octanol–water partition coefficient (Wildman–Crippen LogP) is 4.09. The molecular weight excluding hydrogens is 289 g/mol. The van der Waals surface area contributed by atoms with Gasteiger partial charge in [0.15, 0.2) is 0 Å². The van der Waals surface area contributed by atoms with E-state index in [-0.39, 0.29) is 11.3 Å². The molecule has 0 aliphatic heterocycles. The lowest BCUT2D eigenvalue weighted by atomic mass is 10.2. The molecule has 0 radical (unpaired) electrons. The highest BCUT2D eigenvalue weighted by molar-refractivity contribution is 5.92. The molecule has 0 amide bonds. The number of para-hydroxylation sites is 2. The summed E-state index contributed by atoms with van der Waals surface area (Å²) in [6, 6.07) is 14.2. The van der Waals surface area contributed by atoms with Crippen molar-refractivity contribution >= 4 is 5.97 Å². The van der Waals surface area contributed by atoms with Crippen LogP contribution in [0.25, 0.3) is 0 Å². The van der Waals surface area contributed by atoms with Gasteiger partial charge in [-0.1, -0.05) is 35.2 Å². The molecule has 0 aliphatic carbocycles. The highest BCUT2D eigenvalue weighted by Crippen LogP contribution is 2.26. The molecule has 21 heavy (non-hydrogen) atoms. The Balaban J connectivity index is 2.15. The third kappa shape index (κ3) is 4.50. The molecule has 0 unspecified atom stereocenters. The largest absolute Gasteiger partial charge is 0.558 e. The Morgan fingerprint density at radius 2 is 1.52 bits per heavy atom. The van der Waals surface area contributed by atoms with Gasteiger partial charge in [0.2, 0.25) is 0 Å². The quantitative estimate of drug-likeness (QED) is 0.630. The number of benzene rings is 2. The van der Waals surface area contributed by atoms with Crippen LogP contribution in [0.3, 0.4) is 0 Å². The smallest absolute Gasteiger partial charge is 0.456 e. The van der Waals surface area contributed by atoms with Gasteiger partial charge in [0, 0.05) is 0 Å². The van der Waals surface area contributed by atoms with Crippen LogP contribution in [0.4, 0.5) is 13.2 Å². The van der Waals surface area contributed by atoms with E-state index in [2.05, 4.69) is 9.78 Å². The first-order valence-corrected chi connectivity index (χ1v) is 5.74. The average molecular weight is 298 g/mol. The van der Waals surface area contributed by atoms with Gasteiger partial charge in [0.1, 0.15) is 17.1 Å². The van der Waals surface area contributed by atoms with Gasteiger partial charge in [-0.05, 0) is 24.3 Å². The van der Waals surface area contributed by atoms with Crippen molar-refractivity contribution in [3.05, 3.63) is 60.2 Å². The molecule has 0 atom stereocenters. The van der Waals surface area contributed by atoms with Gasteiger partial charge in [-0.15, -0.1) is 13.2 Å². The lowest BCUT2D eigenvalue weighted by molar-refractivity contribution is -0.457. The van der Waals surface area contributed by atoms with Crippen LogP contribution in [0.1, 0.15) is 10.4 Å². The van der Waals surface area contributed by atoms with Crippen molar-refractivity contribution in [2.75, 3.05) is 0 Å². The number of alkyl halides is 3. The Morgan fingerprint density at radius 1 is 0.905 bits per heavy atom. The summed E-state index contributed by atoms with van der Waals surface area (Å²) in [5, 5.41) is 0. The molecule has 0 fully saturated rings. The third-order valence-electron chi connectivity index (χ3n) is 2.29. The molecule has 0 aromatic heterocycles. The van der Waals surface area contributed by atoms with Crippen molar-refractivity contribution < 1.29 is 32.5 Å². The second-order valence-corrected chi connectivity index (χ2v) is 3.81. The Labute approximate surface area is 117 Å². The maximum absolute atomic E-state index is 11.8. The number of hydrogen-bond donors (Lipinski definition) is 0. The number of halogens is 3. The topological polar surface area (TPSA) is 44.8 Å². The average Bonchev–Trinajstić information content (AvgIpc) is 2.46. The Kier molecular flexibility index (Phi) is 4.44. The van der Waals surface area contributed by atoms with Gasteiger partial charge in [0.25, 0.3) is 0 Å². The van der Waals surface area contributed by atoms with Crippen molar-refractivity contribution in [1.82, 2.24) is 0 Å². The molecule has 7 heteroatoms. The summed E-state index contributed by atoms with van der Waals surface area (Å²) in [5.41, 5.74) is -0.189. The van der Waals surface area contributed by atoms with E-state index in [1.807, 2.05) is 0 Å². The van der Waals surface area contributed by atoms with Gasteiger partial charge in [-0.25, -0.2) is 4.79 Å². The first-order chi connectivity index (χ1) is 9.96. The third-order valence-corrected chi connectivity index (χ3v) is 2.29. The summed E-state index contributed by atoms with van der Waals surface area (Å²) in [6.45, 7) is 0. The Bertz CT molecular complexity index is 611. The van der Waals surface area contributed by atoms with E-state index in [4.69, 9.17) is 4.74 Å². The van der Waals surface area contributed by atoms with Crippen molar-refractivity contribution in [3.63, 3.8) is 0 Å². The van der Waals surface area contributed by atoms with Crippen molar-refractivity contribution in [1.29, 1.82) is 0 Å². The van der Waals surface area contributed by atoms with Crippen LogP contribution in [0.15, 0.2) is 54.6 Å². The summed E-state index contributed by atoms with van der Waals surface area (Å²) < 4.78 is 41.0. The SMILES string of the molecule is O=C(OOC(F)(F)F)c1ccccc1Oc1ccccc1. The molecule has 2 rings (SSSR count). The van der Waals surface area contributed by atoms with Gasteiger partial charge in [-0.3, -0.25) is 4.89 Å². The first-order valence-electron chi connectivity index (χ1n) is 5.74. The minimum Gasteiger partial charge on any atom is -0.456 e. The zero-order chi connectivity index (χ0) is 15.3. The van der Waals surface area contributed by atoms with Crippen LogP contribution in [-0.4, -0.2) is 12.3 Å². The molecule has 0 bridgehead atoms. The molecule has 0 aliphatic rings. The molecule has 110 valence electrons. The van der Waals surface area contributed by atoms with Crippen LogP contribution >= 0.6 is 0 Å². The number of hydrogen-bond acceptors (Lipinski definition) is 4. The van der Waals surface area contributed by atoms with E-state index in [0.29, 0.717) is 5.75 Å². The van der Waals surface area contributed by atoms with Crippen molar-refractivity contribution in [2.24, 2.45) is 0 Å². The van der Waals surface area contributed by atoms with Crippen LogP contribution in [-0.2, 0) is 9.78 Å². The molecule has 0 heterocycles. The molecule has 0 saturated carbocycles. The zero-order valence-electron chi connectivity index (χ0n) is 10.5. The standard InChI is InChI=1S/C14H9F3O4/c15-14(16,17)21-20-13(18)11-8-4-5-9-12(11)19-10-6-2-1-3-7-10/h1-9H. The van der Waals surface area contributed by atoms with Crippen molar-refractivity contribution in [3.8, 4) is 11.5 Å². The molecule has 0 N–H and O–H groups in total. The maximum Gasteiger partial charge on any atom is 0.558 e. The number of carbonyl (C=O) groups excluding carboxylic acids is 1. The van der Waals surface area contributed by atoms with E-state index < -0.39 is 12.3 Å². The van der Waals surface area contributed by atoms with Gasteiger partial charge < -0.3 is 4.74 Å².